The Morgan fingerprint density at radius 2 is 2.04 bits per heavy atom. The van der Waals surface area contributed by atoms with E-state index in [1.807, 2.05) is 17.5 Å². The van der Waals surface area contributed by atoms with Crippen molar-refractivity contribution in [3.63, 3.8) is 0 Å². The van der Waals surface area contributed by atoms with Crippen molar-refractivity contribution in [2.75, 3.05) is 0 Å². The Bertz CT molecular complexity index is 770. The molecule has 1 N–H and O–H groups in total. The van der Waals surface area contributed by atoms with Crippen molar-refractivity contribution in [1.29, 1.82) is 21.2 Å². The summed E-state index contributed by atoms with van der Waals surface area (Å²) in [7, 11) is 0. The van der Waals surface area contributed by atoms with Gasteiger partial charge < -0.3 is 5.41 Å². The molecular formula is C18H16N4S. The van der Waals surface area contributed by atoms with Crippen molar-refractivity contribution in [2.24, 2.45) is 23.2 Å². The lowest BCUT2D eigenvalue weighted by Crippen LogP contribution is -2.49. The molecule has 1 unspecified atom stereocenters. The predicted octanol–water partition coefficient (Wildman–Crippen LogP) is 4.01. The molecule has 0 amide bonds. The number of nitrogens with one attached hydrogen (secondary N) is 1. The third kappa shape index (κ3) is 2.11. The van der Waals surface area contributed by atoms with E-state index in [4.69, 9.17) is 5.41 Å². The van der Waals surface area contributed by atoms with Crippen LogP contribution in [0.2, 0.25) is 0 Å². The van der Waals surface area contributed by atoms with Crippen LogP contribution in [0.3, 0.4) is 0 Å². The summed E-state index contributed by atoms with van der Waals surface area (Å²) in [5.41, 5.74) is -0.666. The molecule has 2 aliphatic rings. The van der Waals surface area contributed by atoms with E-state index < -0.39 is 11.3 Å². The molecule has 114 valence electrons. The largest absolute Gasteiger partial charge is 0.305 e. The highest BCUT2D eigenvalue weighted by Gasteiger charge is 2.57. The first kappa shape index (κ1) is 15.5. The molecule has 1 aromatic rings. The molecule has 5 heteroatoms. The maximum absolute atomic E-state index is 9.81. The molecule has 0 bridgehead atoms. The van der Waals surface area contributed by atoms with E-state index in [0.717, 1.165) is 23.3 Å². The Labute approximate surface area is 139 Å². The molecule has 0 aliphatic heterocycles. The molecule has 0 spiro atoms. The molecule has 1 aromatic heterocycles. The molecule has 2 aliphatic carbocycles. The van der Waals surface area contributed by atoms with Crippen LogP contribution < -0.4 is 0 Å². The van der Waals surface area contributed by atoms with E-state index in [1.165, 1.54) is 11.3 Å². The van der Waals surface area contributed by atoms with Crippen LogP contribution in [0.4, 0.5) is 0 Å². The Kier molecular flexibility index (Phi) is 3.80. The fourth-order valence-corrected chi connectivity index (χ4v) is 4.94. The van der Waals surface area contributed by atoms with Crippen molar-refractivity contribution in [3.8, 4) is 18.2 Å². The zero-order valence-electron chi connectivity index (χ0n) is 12.8. The van der Waals surface area contributed by atoms with Crippen molar-refractivity contribution in [3.05, 3.63) is 34.0 Å². The lowest BCUT2D eigenvalue weighted by Gasteiger charge is -2.46. The minimum absolute atomic E-state index is 0.0181. The SMILES string of the molecule is C[C@@H]1CC=C2C(C#N)C(=N)C(C#N)(C#N)[C@@H](c3cccs3)[C@@H]2C1. The highest BCUT2D eigenvalue weighted by atomic mass is 32.1. The van der Waals surface area contributed by atoms with Crippen LogP contribution >= 0.6 is 11.3 Å². The second-order valence-electron chi connectivity index (χ2n) is 6.39. The van der Waals surface area contributed by atoms with E-state index in [1.54, 1.807) is 0 Å². The molecule has 0 radical (unpaired) electrons. The van der Waals surface area contributed by atoms with Crippen LogP contribution in [-0.2, 0) is 0 Å². The molecular weight excluding hydrogens is 304 g/mol. The minimum Gasteiger partial charge on any atom is -0.305 e. The van der Waals surface area contributed by atoms with Gasteiger partial charge >= 0.3 is 0 Å². The van der Waals surface area contributed by atoms with Gasteiger partial charge in [-0.05, 0) is 41.7 Å². The number of hydrogen-bond donors (Lipinski definition) is 1. The summed E-state index contributed by atoms with van der Waals surface area (Å²) >= 11 is 1.52. The van der Waals surface area contributed by atoms with Crippen molar-refractivity contribution >= 4 is 17.0 Å². The molecule has 3 rings (SSSR count). The van der Waals surface area contributed by atoms with Crippen LogP contribution in [0.1, 0.15) is 30.6 Å². The molecule has 1 fully saturated rings. The van der Waals surface area contributed by atoms with Crippen molar-refractivity contribution in [1.82, 2.24) is 0 Å². The average molecular weight is 320 g/mol. The monoisotopic (exact) mass is 320 g/mol. The third-order valence-corrected chi connectivity index (χ3v) is 6.04. The highest BCUT2D eigenvalue weighted by Crippen LogP contribution is 2.56. The Hall–Kier alpha value is -2.42. The molecule has 0 saturated heterocycles. The molecule has 1 saturated carbocycles. The Morgan fingerprint density at radius 3 is 2.61 bits per heavy atom. The molecule has 1 heterocycles. The average Bonchev–Trinajstić information content (AvgIpc) is 3.08. The molecule has 4 atom stereocenters. The zero-order chi connectivity index (χ0) is 16.6. The van der Waals surface area contributed by atoms with Crippen molar-refractivity contribution < 1.29 is 0 Å². The highest BCUT2D eigenvalue weighted by molar-refractivity contribution is 7.10. The lowest BCUT2D eigenvalue weighted by molar-refractivity contribution is 0.286. The summed E-state index contributed by atoms with van der Waals surface area (Å²) < 4.78 is 0. The summed E-state index contributed by atoms with van der Waals surface area (Å²) in [6.45, 7) is 2.15. The minimum atomic E-state index is -1.55. The van der Waals surface area contributed by atoms with Crippen molar-refractivity contribution in [2.45, 2.75) is 25.7 Å². The van der Waals surface area contributed by atoms with E-state index in [0.29, 0.717) is 5.92 Å². The fourth-order valence-electron chi connectivity index (χ4n) is 3.98. The molecule has 0 aromatic carbocycles. The number of thiophene rings is 1. The number of allylic oxidation sites excluding steroid dienone is 2. The first-order valence-electron chi connectivity index (χ1n) is 7.63. The first-order valence-corrected chi connectivity index (χ1v) is 8.51. The van der Waals surface area contributed by atoms with E-state index in [-0.39, 0.29) is 17.5 Å². The van der Waals surface area contributed by atoms with Crippen LogP contribution in [0.25, 0.3) is 0 Å². The van der Waals surface area contributed by atoms with Gasteiger partial charge in [0.15, 0.2) is 5.41 Å². The number of rotatable bonds is 1. The topological polar surface area (TPSA) is 95.2 Å². The summed E-state index contributed by atoms with van der Waals surface area (Å²) in [6, 6.07) is 10.2. The second kappa shape index (κ2) is 5.65. The standard InChI is InChI=1S/C18H16N4S/c1-11-4-5-12-13(7-11)16(15-3-2-6-23-15)18(9-20,10-21)17(22)14(12)8-19/h2-3,5-6,11,13-14,16,22H,4,7H2,1H3/t11-,13-,14?,16-/m1/s1. The molecule has 23 heavy (non-hydrogen) atoms. The van der Waals surface area contributed by atoms with Gasteiger partial charge in [-0.2, -0.15) is 15.8 Å². The Balaban J connectivity index is 2.25. The second-order valence-corrected chi connectivity index (χ2v) is 7.37. The smallest absolute Gasteiger partial charge is 0.190 e. The lowest BCUT2D eigenvalue weighted by atomic mass is 9.53. The molecule has 4 nitrogen and oxygen atoms in total. The summed E-state index contributed by atoms with van der Waals surface area (Å²) in [5, 5.41) is 39.6. The quantitative estimate of drug-likeness (QED) is 0.792. The van der Waals surface area contributed by atoms with E-state index in [9.17, 15) is 15.8 Å². The maximum atomic E-state index is 9.81. The number of hydrogen-bond acceptors (Lipinski definition) is 5. The van der Waals surface area contributed by atoms with Gasteiger partial charge in [-0.25, -0.2) is 0 Å². The normalized spacial score (nSPS) is 31.9. The predicted molar refractivity (Wildman–Crippen MR) is 87.5 cm³/mol. The Morgan fingerprint density at radius 1 is 1.30 bits per heavy atom. The van der Waals surface area contributed by atoms with Gasteiger partial charge in [0.05, 0.1) is 23.9 Å². The maximum Gasteiger partial charge on any atom is 0.190 e. The van der Waals surface area contributed by atoms with E-state index in [2.05, 4.69) is 31.2 Å². The first-order chi connectivity index (χ1) is 11.1. The summed E-state index contributed by atoms with van der Waals surface area (Å²) in [6.07, 6.45) is 3.81. The number of nitrogens with zero attached hydrogens (tertiary/aromatic N) is 3. The van der Waals surface area contributed by atoms with E-state index >= 15 is 0 Å². The van der Waals surface area contributed by atoms with Gasteiger partial charge in [0.1, 0.15) is 5.92 Å². The summed E-state index contributed by atoms with van der Waals surface area (Å²) in [5.74, 6) is -0.671. The van der Waals surface area contributed by atoms with Crippen LogP contribution in [-0.4, -0.2) is 5.71 Å². The number of fused-ring (bicyclic) bond motifs is 1. The van der Waals surface area contributed by atoms with Gasteiger partial charge in [0.25, 0.3) is 0 Å². The van der Waals surface area contributed by atoms with Gasteiger partial charge in [0.2, 0.25) is 0 Å². The van der Waals surface area contributed by atoms with Gasteiger partial charge in [-0.3, -0.25) is 0 Å². The van der Waals surface area contributed by atoms with Gasteiger partial charge in [0, 0.05) is 10.8 Å². The van der Waals surface area contributed by atoms with Crippen LogP contribution in [0, 0.1) is 62.6 Å². The van der Waals surface area contributed by atoms with Gasteiger partial charge in [-0.15, -0.1) is 11.3 Å². The van der Waals surface area contributed by atoms with Crippen LogP contribution in [0.5, 0.6) is 0 Å². The summed E-state index contributed by atoms with van der Waals surface area (Å²) in [4.78, 5) is 0.958. The zero-order valence-corrected chi connectivity index (χ0v) is 13.6. The van der Waals surface area contributed by atoms with Gasteiger partial charge in [-0.1, -0.05) is 19.1 Å². The van der Waals surface area contributed by atoms with Crippen LogP contribution in [0.15, 0.2) is 29.2 Å². The number of nitriles is 3. The third-order valence-electron chi connectivity index (χ3n) is 5.09. The fraction of sp³-hybridized carbons (Fsp3) is 0.444.